The molecule has 0 bridgehead atoms. The van der Waals surface area contributed by atoms with E-state index < -0.39 is 0 Å². The Morgan fingerprint density at radius 2 is 1.61 bits per heavy atom. The van der Waals surface area contributed by atoms with E-state index >= 15 is 0 Å². The molecule has 2 N–H and O–H groups in total. The van der Waals surface area contributed by atoms with Crippen LogP contribution >= 0.6 is 23.4 Å². The van der Waals surface area contributed by atoms with E-state index in [4.69, 9.17) is 11.6 Å². The molecule has 3 aromatic carbocycles. The van der Waals surface area contributed by atoms with E-state index in [0.29, 0.717) is 27.4 Å². The number of thioether (sulfide) groups is 1. The number of halogens is 1. The summed E-state index contributed by atoms with van der Waals surface area (Å²) in [6, 6.07) is 24.1. The number of anilines is 2. The Morgan fingerprint density at radius 1 is 0.909 bits per heavy atom. The first-order chi connectivity index (χ1) is 16.0. The summed E-state index contributed by atoms with van der Waals surface area (Å²) >= 11 is 7.34. The second kappa shape index (κ2) is 10.3. The van der Waals surface area contributed by atoms with Gasteiger partial charge in [0.2, 0.25) is 11.8 Å². The van der Waals surface area contributed by atoms with Gasteiger partial charge in [0.15, 0.2) is 11.0 Å². The normalized spacial score (nSPS) is 10.6. The van der Waals surface area contributed by atoms with Crippen molar-refractivity contribution in [3.05, 3.63) is 83.9 Å². The van der Waals surface area contributed by atoms with Crippen molar-refractivity contribution >= 4 is 46.6 Å². The Balaban J connectivity index is 1.53. The largest absolute Gasteiger partial charge is 0.326 e. The lowest BCUT2D eigenvalue weighted by Crippen LogP contribution is -2.15. The molecule has 7 nitrogen and oxygen atoms in total. The Morgan fingerprint density at radius 3 is 2.30 bits per heavy atom. The molecule has 0 unspecified atom stereocenters. The summed E-state index contributed by atoms with van der Waals surface area (Å²) in [6.45, 7) is 1.43. The number of aromatic nitrogens is 3. The Bertz CT molecular complexity index is 1280. The molecule has 0 aliphatic rings. The highest BCUT2D eigenvalue weighted by Crippen LogP contribution is 2.28. The van der Waals surface area contributed by atoms with Gasteiger partial charge < -0.3 is 10.6 Å². The monoisotopic (exact) mass is 477 g/mol. The average molecular weight is 478 g/mol. The van der Waals surface area contributed by atoms with Crippen LogP contribution < -0.4 is 10.6 Å². The molecule has 0 aliphatic heterocycles. The lowest BCUT2D eigenvalue weighted by molar-refractivity contribution is -0.114. The van der Waals surface area contributed by atoms with Crippen molar-refractivity contribution in [1.82, 2.24) is 14.8 Å². The molecule has 0 spiro atoms. The molecule has 0 saturated carbocycles. The van der Waals surface area contributed by atoms with Gasteiger partial charge in [0.05, 0.1) is 5.75 Å². The van der Waals surface area contributed by atoms with Crippen LogP contribution in [0, 0.1) is 0 Å². The zero-order valence-corrected chi connectivity index (χ0v) is 19.2. The van der Waals surface area contributed by atoms with E-state index in [1.807, 2.05) is 47.0 Å². The maximum Gasteiger partial charge on any atom is 0.234 e. The minimum absolute atomic E-state index is 0.130. The number of nitrogens with one attached hydrogen (secondary N) is 2. The van der Waals surface area contributed by atoms with Gasteiger partial charge in [-0.2, -0.15) is 0 Å². The summed E-state index contributed by atoms with van der Waals surface area (Å²) < 4.78 is 1.90. The van der Waals surface area contributed by atoms with Crippen LogP contribution in [0.15, 0.2) is 84.0 Å². The SMILES string of the molecule is CC(=O)Nc1cccc(NC(=O)CSc2nnc(-c3ccccc3)n2-c2ccc(Cl)cc2)c1. The molecule has 9 heteroatoms. The molecular weight excluding hydrogens is 458 g/mol. The fourth-order valence-corrected chi connectivity index (χ4v) is 4.04. The molecule has 0 saturated heterocycles. The maximum atomic E-state index is 12.6. The van der Waals surface area contributed by atoms with Gasteiger partial charge in [-0.05, 0) is 42.5 Å². The van der Waals surface area contributed by atoms with Crippen LogP contribution in [0.1, 0.15) is 6.92 Å². The van der Waals surface area contributed by atoms with E-state index in [1.54, 1.807) is 36.4 Å². The summed E-state index contributed by atoms with van der Waals surface area (Å²) in [7, 11) is 0. The van der Waals surface area contributed by atoms with Crippen LogP contribution in [0.2, 0.25) is 5.02 Å². The Kier molecular flexibility index (Phi) is 7.07. The van der Waals surface area contributed by atoms with Gasteiger partial charge in [0, 0.05) is 34.6 Å². The molecule has 33 heavy (non-hydrogen) atoms. The zero-order chi connectivity index (χ0) is 23.2. The molecule has 2 amide bonds. The van der Waals surface area contributed by atoms with Gasteiger partial charge in [-0.15, -0.1) is 10.2 Å². The number of hydrogen-bond donors (Lipinski definition) is 2. The standard InChI is InChI=1S/C24H20ClN5O2S/c1-16(31)26-19-8-5-9-20(14-19)27-22(32)15-33-24-29-28-23(17-6-3-2-4-7-17)30(24)21-12-10-18(25)11-13-21/h2-14H,15H2,1H3,(H,26,31)(H,27,32). The van der Waals surface area contributed by atoms with Crippen molar-refractivity contribution in [2.75, 3.05) is 16.4 Å². The second-order valence-corrected chi connectivity index (χ2v) is 8.46. The molecule has 1 aromatic heterocycles. The number of nitrogens with zero attached hydrogens (tertiary/aromatic N) is 3. The summed E-state index contributed by atoms with van der Waals surface area (Å²) in [6.07, 6.45) is 0. The number of benzene rings is 3. The van der Waals surface area contributed by atoms with Crippen LogP contribution in [-0.4, -0.2) is 32.3 Å². The van der Waals surface area contributed by atoms with Crippen LogP contribution in [0.5, 0.6) is 0 Å². The third-order valence-corrected chi connectivity index (χ3v) is 5.73. The highest BCUT2D eigenvalue weighted by Gasteiger charge is 2.17. The van der Waals surface area contributed by atoms with Gasteiger partial charge in [-0.25, -0.2) is 0 Å². The highest BCUT2D eigenvalue weighted by molar-refractivity contribution is 7.99. The molecule has 0 atom stereocenters. The summed E-state index contributed by atoms with van der Waals surface area (Å²) in [5.41, 5.74) is 2.96. The van der Waals surface area contributed by atoms with Gasteiger partial charge in [0.25, 0.3) is 0 Å². The first kappa shape index (κ1) is 22.6. The minimum atomic E-state index is -0.202. The topological polar surface area (TPSA) is 88.9 Å². The van der Waals surface area contributed by atoms with Crippen molar-refractivity contribution in [1.29, 1.82) is 0 Å². The van der Waals surface area contributed by atoms with Crippen LogP contribution in [-0.2, 0) is 9.59 Å². The van der Waals surface area contributed by atoms with Crippen molar-refractivity contribution in [3.63, 3.8) is 0 Å². The quantitative estimate of drug-likeness (QED) is 0.354. The summed E-state index contributed by atoms with van der Waals surface area (Å²) in [5, 5.41) is 15.5. The molecule has 0 aliphatic carbocycles. The molecular formula is C24H20ClN5O2S. The van der Waals surface area contributed by atoms with E-state index in [1.165, 1.54) is 18.7 Å². The third-order valence-electron chi connectivity index (χ3n) is 4.55. The first-order valence-electron chi connectivity index (χ1n) is 10.1. The van der Waals surface area contributed by atoms with Crippen molar-refractivity contribution in [2.24, 2.45) is 0 Å². The van der Waals surface area contributed by atoms with Crippen LogP contribution in [0.4, 0.5) is 11.4 Å². The average Bonchev–Trinajstić information content (AvgIpc) is 3.22. The predicted octanol–water partition coefficient (Wildman–Crippen LogP) is 5.28. The highest BCUT2D eigenvalue weighted by atomic mass is 35.5. The number of hydrogen-bond acceptors (Lipinski definition) is 5. The number of carbonyl (C=O) groups excluding carboxylic acids is 2. The zero-order valence-electron chi connectivity index (χ0n) is 17.7. The summed E-state index contributed by atoms with van der Waals surface area (Å²) in [4.78, 5) is 23.8. The second-order valence-electron chi connectivity index (χ2n) is 7.08. The molecule has 4 rings (SSSR count). The van der Waals surface area contributed by atoms with Crippen molar-refractivity contribution < 1.29 is 9.59 Å². The fourth-order valence-electron chi connectivity index (χ4n) is 3.17. The van der Waals surface area contributed by atoms with Crippen molar-refractivity contribution in [3.8, 4) is 17.1 Å². The van der Waals surface area contributed by atoms with Gasteiger partial charge in [-0.3, -0.25) is 14.2 Å². The third kappa shape index (κ3) is 5.79. The lowest BCUT2D eigenvalue weighted by atomic mass is 10.2. The fraction of sp³-hybridized carbons (Fsp3) is 0.0833. The van der Waals surface area contributed by atoms with Crippen molar-refractivity contribution in [2.45, 2.75) is 12.1 Å². The lowest BCUT2D eigenvalue weighted by Gasteiger charge is -2.11. The summed E-state index contributed by atoms with van der Waals surface area (Å²) in [5.74, 6) is 0.422. The Hall–Kier alpha value is -3.62. The molecule has 0 fully saturated rings. The minimum Gasteiger partial charge on any atom is -0.326 e. The van der Waals surface area contributed by atoms with E-state index in [9.17, 15) is 9.59 Å². The molecule has 0 radical (unpaired) electrons. The van der Waals surface area contributed by atoms with E-state index in [-0.39, 0.29) is 17.6 Å². The van der Waals surface area contributed by atoms with Gasteiger partial charge in [-0.1, -0.05) is 59.8 Å². The smallest absolute Gasteiger partial charge is 0.234 e. The molecule has 4 aromatic rings. The van der Waals surface area contributed by atoms with Crippen LogP contribution in [0.25, 0.3) is 17.1 Å². The number of rotatable bonds is 7. The van der Waals surface area contributed by atoms with E-state index in [2.05, 4.69) is 20.8 Å². The maximum absolute atomic E-state index is 12.6. The van der Waals surface area contributed by atoms with E-state index in [0.717, 1.165) is 11.3 Å². The molecule has 1 heterocycles. The first-order valence-corrected chi connectivity index (χ1v) is 11.4. The van der Waals surface area contributed by atoms with Gasteiger partial charge >= 0.3 is 0 Å². The Labute approximate surface area is 200 Å². The van der Waals surface area contributed by atoms with Gasteiger partial charge in [0.1, 0.15) is 0 Å². The molecule has 166 valence electrons. The number of carbonyl (C=O) groups is 2. The van der Waals surface area contributed by atoms with Crippen LogP contribution in [0.3, 0.4) is 0 Å². The predicted molar refractivity (Wildman–Crippen MR) is 132 cm³/mol. The number of amides is 2.